The number of benzene rings is 6. The van der Waals surface area contributed by atoms with Crippen LogP contribution in [0.15, 0.2) is 130 Å². The second-order valence-electron chi connectivity index (χ2n) is 14.1. The van der Waals surface area contributed by atoms with Gasteiger partial charge in [-0.3, -0.25) is 29.8 Å². The van der Waals surface area contributed by atoms with E-state index in [0.717, 1.165) is 61.8 Å². The SMILES string of the molecule is C1CCOC1.Cc1ccc2nc(-c3ccc(N)cc3)sc2c1.Cc1ccc2nc(-c3ccc(NC(=O)c4ccc(Br)c([N+](=O)[O-])c4)cc3)sc2c1.O=C(Cl)c1ccc(Br)c([N+](=O)[O-])c1. The fraction of sp³-hybridized carbons (Fsp3) is 0.130. The van der Waals surface area contributed by atoms with Gasteiger partial charge in [-0.15, -0.1) is 22.7 Å². The van der Waals surface area contributed by atoms with Crippen LogP contribution < -0.4 is 11.1 Å². The molecule has 18 heteroatoms. The molecule has 1 amide bonds. The van der Waals surface area contributed by atoms with Crippen LogP contribution in [-0.4, -0.2) is 44.2 Å². The highest BCUT2D eigenvalue weighted by Crippen LogP contribution is 2.33. The van der Waals surface area contributed by atoms with Crippen molar-refractivity contribution in [2.75, 3.05) is 24.3 Å². The van der Waals surface area contributed by atoms with Gasteiger partial charge in [-0.2, -0.15) is 0 Å². The summed E-state index contributed by atoms with van der Waals surface area (Å²) in [4.78, 5) is 52.7. The van der Waals surface area contributed by atoms with Crippen molar-refractivity contribution in [2.24, 2.45) is 0 Å². The zero-order valence-corrected chi connectivity index (χ0v) is 39.6. The standard InChI is InChI=1S/C21H14BrN3O3S.C14H12N2S.C7H3BrClNO3.C4H8O/c1-12-2-9-17-19(10-12)29-21(24-17)13-3-6-15(7-4-13)23-20(26)14-5-8-16(22)18(11-14)25(27)28;1-9-2-7-12-13(8-9)17-14(16-12)10-3-5-11(15)6-4-10;8-5-2-1-4(7(9)11)3-6(5)10(12)13;1-2-4-5-3-1/h2-11H,1H3,(H,23,26);2-8H,15H2,1H3;1-3H;1-4H2. The number of aryl methyl sites for hydroxylation is 2. The number of halogens is 3. The average molecular weight is 1050 g/mol. The Morgan fingerprint density at radius 2 is 1.12 bits per heavy atom. The molecule has 2 aromatic heterocycles. The molecule has 0 bridgehead atoms. The lowest BCUT2D eigenvalue weighted by molar-refractivity contribution is -0.385. The summed E-state index contributed by atoms with van der Waals surface area (Å²) in [6.45, 7) is 6.15. The Hall–Kier alpha value is -5.95. The van der Waals surface area contributed by atoms with E-state index in [1.165, 1.54) is 59.0 Å². The molecule has 3 N–H and O–H groups in total. The minimum absolute atomic E-state index is 0.108. The molecule has 0 saturated carbocycles. The maximum Gasteiger partial charge on any atom is 0.284 e. The third-order valence-corrected chi connectivity index (χ3v) is 12.9. The summed E-state index contributed by atoms with van der Waals surface area (Å²) < 4.78 is 7.96. The molecule has 64 heavy (non-hydrogen) atoms. The number of nitrogen functional groups attached to an aromatic ring is 1. The number of aromatic nitrogens is 2. The Labute approximate surface area is 396 Å². The number of nitro groups is 2. The predicted octanol–water partition coefficient (Wildman–Crippen LogP) is 13.6. The van der Waals surface area contributed by atoms with E-state index < -0.39 is 21.0 Å². The van der Waals surface area contributed by atoms with Gasteiger partial charge in [0.1, 0.15) is 10.0 Å². The molecule has 13 nitrogen and oxygen atoms in total. The monoisotopic (exact) mass is 1040 g/mol. The van der Waals surface area contributed by atoms with Crippen molar-refractivity contribution in [2.45, 2.75) is 26.7 Å². The van der Waals surface area contributed by atoms with E-state index in [0.29, 0.717) is 14.6 Å². The molecule has 0 unspecified atom stereocenters. The van der Waals surface area contributed by atoms with E-state index in [1.54, 1.807) is 34.8 Å². The average Bonchev–Trinajstić information content (AvgIpc) is 4.08. The Morgan fingerprint density at radius 1 is 0.672 bits per heavy atom. The maximum atomic E-state index is 12.4. The summed E-state index contributed by atoms with van der Waals surface area (Å²) in [6.07, 6.45) is 2.56. The number of thiazole rings is 2. The quantitative estimate of drug-likeness (QED) is 0.0671. The molecule has 6 aromatic carbocycles. The van der Waals surface area contributed by atoms with Crippen LogP contribution in [0.25, 0.3) is 41.6 Å². The van der Waals surface area contributed by atoms with Crippen LogP contribution in [0.4, 0.5) is 22.7 Å². The fourth-order valence-electron chi connectivity index (χ4n) is 5.91. The fourth-order valence-corrected chi connectivity index (χ4v) is 8.95. The van der Waals surface area contributed by atoms with Gasteiger partial charge in [0.2, 0.25) is 0 Å². The van der Waals surface area contributed by atoms with Gasteiger partial charge in [0.15, 0.2) is 0 Å². The molecule has 3 heterocycles. The lowest BCUT2D eigenvalue weighted by Crippen LogP contribution is -2.12. The van der Waals surface area contributed by atoms with E-state index in [4.69, 9.17) is 22.1 Å². The number of fused-ring (bicyclic) bond motifs is 2. The number of ether oxygens (including phenoxy) is 1. The molecule has 326 valence electrons. The summed E-state index contributed by atoms with van der Waals surface area (Å²) in [6, 6.07) is 35.9. The summed E-state index contributed by atoms with van der Waals surface area (Å²) in [5.74, 6) is -0.413. The van der Waals surface area contributed by atoms with Gasteiger partial charge >= 0.3 is 0 Å². The maximum absolute atomic E-state index is 12.4. The number of nitrogens with zero attached hydrogens (tertiary/aromatic N) is 4. The molecule has 9 rings (SSSR count). The molecule has 1 aliphatic heterocycles. The highest BCUT2D eigenvalue weighted by molar-refractivity contribution is 9.11. The highest BCUT2D eigenvalue weighted by Gasteiger charge is 2.17. The van der Waals surface area contributed by atoms with Gasteiger partial charge in [-0.1, -0.05) is 12.1 Å². The summed E-state index contributed by atoms with van der Waals surface area (Å²) in [5.41, 5.74) is 13.6. The minimum atomic E-state index is -0.712. The number of nitrogens with one attached hydrogen (secondary N) is 1. The third-order valence-electron chi connectivity index (χ3n) is 9.24. The van der Waals surface area contributed by atoms with Crippen LogP contribution in [0.3, 0.4) is 0 Å². The Bertz CT molecular complexity index is 2970. The Kier molecular flexibility index (Phi) is 16.4. The normalized spacial score (nSPS) is 11.6. The molecule has 1 saturated heterocycles. The summed E-state index contributed by atoms with van der Waals surface area (Å²) in [5, 5.41) is 25.5. The van der Waals surface area contributed by atoms with Crippen LogP contribution in [0.2, 0.25) is 0 Å². The predicted molar refractivity (Wildman–Crippen MR) is 264 cm³/mol. The van der Waals surface area contributed by atoms with E-state index >= 15 is 0 Å². The lowest BCUT2D eigenvalue weighted by Gasteiger charge is -2.06. The van der Waals surface area contributed by atoms with Crippen molar-refractivity contribution < 1.29 is 24.2 Å². The smallest absolute Gasteiger partial charge is 0.284 e. The van der Waals surface area contributed by atoms with E-state index in [9.17, 15) is 29.8 Å². The number of nitro benzene ring substituents is 2. The van der Waals surface area contributed by atoms with E-state index in [-0.39, 0.29) is 22.5 Å². The highest BCUT2D eigenvalue weighted by atomic mass is 79.9. The molecule has 8 aromatic rings. The number of rotatable bonds is 7. The first-order chi connectivity index (χ1) is 30.6. The number of carbonyl (C=O) groups excluding carboxylic acids is 2. The van der Waals surface area contributed by atoms with Crippen molar-refractivity contribution in [3.05, 3.63) is 173 Å². The van der Waals surface area contributed by atoms with Crippen molar-refractivity contribution in [3.63, 3.8) is 0 Å². The van der Waals surface area contributed by atoms with Gasteiger partial charge in [-0.25, -0.2) is 9.97 Å². The molecule has 0 aliphatic carbocycles. The van der Waals surface area contributed by atoms with Crippen molar-refractivity contribution >= 4 is 120 Å². The van der Waals surface area contributed by atoms with Crippen LogP contribution in [-0.2, 0) is 4.74 Å². The second kappa shape index (κ2) is 22.1. The van der Waals surface area contributed by atoms with Crippen LogP contribution >= 0.6 is 66.1 Å². The largest absolute Gasteiger partial charge is 0.399 e. The Balaban J connectivity index is 0.000000163. The van der Waals surface area contributed by atoms with E-state index in [2.05, 4.69) is 85.3 Å². The first kappa shape index (κ1) is 47.5. The van der Waals surface area contributed by atoms with Gasteiger partial charge in [0.05, 0.1) is 39.2 Å². The molecule has 1 aliphatic rings. The topological polar surface area (TPSA) is 193 Å². The number of hydrogen-bond acceptors (Lipinski definition) is 12. The van der Waals surface area contributed by atoms with E-state index in [1.807, 2.05) is 48.5 Å². The summed E-state index contributed by atoms with van der Waals surface area (Å²) >= 11 is 14.6. The molecular weight excluding hydrogens is 1010 g/mol. The summed E-state index contributed by atoms with van der Waals surface area (Å²) in [7, 11) is 0. The molecule has 1 fully saturated rings. The number of nitrogens with two attached hydrogens (primary N) is 1. The number of hydrogen-bond donors (Lipinski definition) is 2. The molecule has 0 atom stereocenters. The molecular formula is C46H37Br2ClN6O7S2. The number of amides is 1. The number of anilines is 2. The first-order valence-electron chi connectivity index (χ1n) is 19.3. The van der Waals surface area contributed by atoms with Crippen LogP contribution in [0.1, 0.15) is 44.7 Å². The van der Waals surface area contributed by atoms with Crippen molar-refractivity contribution in [1.29, 1.82) is 0 Å². The molecule has 0 spiro atoms. The van der Waals surface area contributed by atoms with Gasteiger partial charge in [0.25, 0.3) is 22.5 Å². The van der Waals surface area contributed by atoms with Crippen molar-refractivity contribution in [3.8, 4) is 21.1 Å². The molecule has 0 radical (unpaired) electrons. The van der Waals surface area contributed by atoms with Gasteiger partial charge in [0, 0.05) is 59.0 Å². The minimum Gasteiger partial charge on any atom is -0.399 e. The van der Waals surface area contributed by atoms with Crippen molar-refractivity contribution in [1.82, 2.24) is 9.97 Å². The van der Waals surface area contributed by atoms with Crippen LogP contribution in [0.5, 0.6) is 0 Å². The third kappa shape index (κ3) is 12.8. The lowest BCUT2D eigenvalue weighted by atomic mass is 10.1. The zero-order valence-electron chi connectivity index (χ0n) is 34.0. The zero-order chi connectivity index (χ0) is 45.9. The second-order valence-corrected chi connectivity index (χ2v) is 18.2. The van der Waals surface area contributed by atoms with Crippen LogP contribution in [0, 0.1) is 34.1 Å². The number of carbonyl (C=O) groups is 2. The Morgan fingerprint density at radius 3 is 1.56 bits per heavy atom. The first-order valence-corrected chi connectivity index (χ1v) is 22.9. The van der Waals surface area contributed by atoms with Gasteiger partial charge in [-0.05, 0) is 178 Å². The van der Waals surface area contributed by atoms with Gasteiger partial charge < -0.3 is 15.8 Å².